The molecule has 4 rings (SSSR count). The number of nitrogens with zero attached hydrogens (tertiary/aromatic N) is 1. The van der Waals surface area contributed by atoms with E-state index in [9.17, 15) is 4.79 Å². The summed E-state index contributed by atoms with van der Waals surface area (Å²) in [6, 6.07) is 10.3. The number of benzene rings is 1. The number of amides is 1. The lowest BCUT2D eigenvalue weighted by molar-refractivity contribution is -0.0413. The Morgan fingerprint density at radius 1 is 1.22 bits per heavy atom. The summed E-state index contributed by atoms with van der Waals surface area (Å²) < 4.78 is 11.1. The minimum Gasteiger partial charge on any atom is -0.345 e. The highest BCUT2D eigenvalue weighted by molar-refractivity contribution is 7.15. The molecule has 1 saturated heterocycles. The van der Waals surface area contributed by atoms with Crippen LogP contribution in [0.3, 0.4) is 0 Å². The quantitative estimate of drug-likeness (QED) is 0.856. The molecule has 2 aliphatic rings. The van der Waals surface area contributed by atoms with Crippen LogP contribution in [0.1, 0.15) is 40.4 Å². The Hall–Kier alpha value is -1.69. The van der Waals surface area contributed by atoms with E-state index in [4.69, 9.17) is 9.47 Å². The molecule has 0 unspecified atom stereocenters. The monoisotopic (exact) mass is 329 g/mol. The van der Waals surface area contributed by atoms with Crippen LogP contribution in [0, 0.1) is 0 Å². The van der Waals surface area contributed by atoms with Crippen LogP contribution in [-0.2, 0) is 16.0 Å². The van der Waals surface area contributed by atoms with Crippen LogP contribution in [0.25, 0.3) is 10.4 Å². The maximum Gasteiger partial charge on any atom is 0.254 e. The predicted molar refractivity (Wildman–Crippen MR) is 89.4 cm³/mol. The van der Waals surface area contributed by atoms with Crippen LogP contribution < -0.4 is 0 Å². The highest BCUT2D eigenvalue weighted by Gasteiger charge is 2.27. The first kappa shape index (κ1) is 14.9. The van der Waals surface area contributed by atoms with Crippen molar-refractivity contribution < 1.29 is 14.3 Å². The number of fused-ring (bicyclic) bond motifs is 1. The second kappa shape index (κ2) is 6.07. The molecule has 1 amide bonds. The Labute approximate surface area is 139 Å². The third-order valence-electron chi connectivity index (χ3n) is 4.24. The fourth-order valence-electron chi connectivity index (χ4n) is 3.14. The largest absolute Gasteiger partial charge is 0.345 e. The Balaban J connectivity index is 1.60. The maximum absolute atomic E-state index is 12.3. The zero-order valence-electron chi connectivity index (χ0n) is 13.1. The normalized spacial score (nSPS) is 18.0. The molecule has 1 fully saturated rings. The molecule has 3 heterocycles. The molecule has 2 aliphatic heterocycles. The number of carbonyl (C=O) groups excluding carboxylic acids is 1. The SMILES string of the molecule is CCCN1Cc2cc(-c3ccc(C4OCCO4)s3)ccc2C1=O. The Bertz CT molecular complexity index is 734. The van der Waals surface area contributed by atoms with Crippen molar-refractivity contribution in [3.8, 4) is 10.4 Å². The van der Waals surface area contributed by atoms with Crippen molar-refractivity contribution in [2.24, 2.45) is 0 Å². The van der Waals surface area contributed by atoms with Crippen LogP contribution in [0.4, 0.5) is 0 Å². The van der Waals surface area contributed by atoms with Gasteiger partial charge in [0.1, 0.15) is 0 Å². The Morgan fingerprint density at radius 2 is 2.04 bits per heavy atom. The summed E-state index contributed by atoms with van der Waals surface area (Å²) in [5, 5.41) is 0. The first-order chi connectivity index (χ1) is 11.3. The standard InChI is InChI=1S/C18H19NO3S/c1-2-7-19-11-13-10-12(3-4-14(13)17(19)20)15-5-6-16(23-15)18-21-8-9-22-18/h3-6,10,18H,2,7-9,11H2,1H3. The van der Waals surface area contributed by atoms with Gasteiger partial charge in [-0.15, -0.1) is 11.3 Å². The average Bonchev–Trinajstić information content (AvgIpc) is 3.28. The summed E-state index contributed by atoms with van der Waals surface area (Å²) in [5.41, 5.74) is 3.13. The van der Waals surface area contributed by atoms with E-state index < -0.39 is 0 Å². The summed E-state index contributed by atoms with van der Waals surface area (Å²) in [6.07, 6.45) is 0.771. The highest BCUT2D eigenvalue weighted by atomic mass is 32.1. The van der Waals surface area contributed by atoms with Crippen LogP contribution in [-0.4, -0.2) is 30.6 Å². The molecular weight excluding hydrogens is 310 g/mol. The van der Waals surface area contributed by atoms with Gasteiger partial charge in [-0.25, -0.2) is 0 Å². The Kier molecular flexibility index (Phi) is 3.93. The highest BCUT2D eigenvalue weighted by Crippen LogP contribution is 2.36. The summed E-state index contributed by atoms with van der Waals surface area (Å²) in [5.74, 6) is 0.160. The lowest BCUT2D eigenvalue weighted by Crippen LogP contribution is -2.24. The molecule has 0 N–H and O–H groups in total. The zero-order valence-corrected chi connectivity index (χ0v) is 13.9. The summed E-state index contributed by atoms with van der Waals surface area (Å²) in [6.45, 7) is 4.96. The lowest BCUT2D eigenvalue weighted by Gasteiger charge is -2.13. The molecular formula is C18H19NO3S. The number of hydrogen-bond acceptors (Lipinski definition) is 4. The van der Waals surface area contributed by atoms with Gasteiger partial charge in [0.2, 0.25) is 0 Å². The molecule has 0 atom stereocenters. The van der Waals surface area contributed by atoms with Crippen LogP contribution in [0.15, 0.2) is 30.3 Å². The summed E-state index contributed by atoms with van der Waals surface area (Å²) in [4.78, 5) is 16.5. The molecule has 0 bridgehead atoms. The molecule has 0 aliphatic carbocycles. The second-order valence-electron chi connectivity index (χ2n) is 5.87. The van der Waals surface area contributed by atoms with Gasteiger partial charge in [0, 0.05) is 23.5 Å². The fourth-order valence-corrected chi connectivity index (χ4v) is 4.15. The minimum atomic E-state index is -0.218. The average molecular weight is 329 g/mol. The van der Waals surface area contributed by atoms with Crippen molar-refractivity contribution in [2.75, 3.05) is 19.8 Å². The molecule has 0 radical (unpaired) electrons. The van der Waals surface area contributed by atoms with Gasteiger partial charge in [-0.2, -0.15) is 0 Å². The van der Waals surface area contributed by atoms with Gasteiger partial charge in [0.05, 0.1) is 18.1 Å². The summed E-state index contributed by atoms with van der Waals surface area (Å²) >= 11 is 1.69. The van der Waals surface area contributed by atoms with Crippen molar-refractivity contribution in [1.82, 2.24) is 4.90 Å². The number of hydrogen-bond donors (Lipinski definition) is 0. The molecule has 23 heavy (non-hydrogen) atoms. The van der Waals surface area contributed by atoms with Gasteiger partial charge >= 0.3 is 0 Å². The van der Waals surface area contributed by atoms with Crippen molar-refractivity contribution in [1.29, 1.82) is 0 Å². The van der Waals surface area contributed by atoms with Crippen LogP contribution in [0.5, 0.6) is 0 Å². The fraction of sp³-hybridized carbons (Fsp3) is 0.389. The molecule has 120 valence electrons. The van der Waals surface area contributed by atoms with Crippen molar-refractivity contribution in [3.63, 3.8) is 0 Å². The van der Waals surface area contributed by atoms with E-state index in [-0.39, 0.29) is 12.2 Å². The van der Waals surface area contributed by atoms with E-state index in [1.54, 1.807) is 11.3 Å². The molecule has 0 saturated carbocycles. The van der Waals surface area contributed by atoms with Crippen molar-refractivity contribution >= 4 is 17.2 Å². The van der Waals surface area contributed by atoms with Crippen LogP contribution in [0.2, 0.25) is 0 Å². The van der Waals surface area contributed by atoms with Crippen molar-refractivity contribution in [2.45, 2.75) is 26.2 Å². The predicted octanol–water partition coefficient (Wildman–Crippen LogP) is 3.83. The van der Waals surface area contributed by atoms with E-state index in [1.165, 1.54) is 4.88 Å². The van der Waals surface area contributed by atoms with Crippen LogP contribution >= 0.6 is 11.3 Å². The van der Waals surface area contributed by atoms with Gasteiger partial charge in [-0.1, -0.05) is 13.0 Å². The maximum atomic E-state index is 12.3. The third kappa shape index (κ3) is 2.69. The van der Waals surface area contributed by atoms with Gasteiger partial charge < -0.3 is 14.4 Å². The van der Waals surface area contributed by atoms with Crippen molar-refractivity contribution in [3.05, 3.63) is 46.3 Å². The first-order valence-corrected chi connectivity index (χ1v) is 8.83. The summed E-state index contributed by atoms with van der Waals surface area (Å²) in [7, 11) is 0. The molecule has 2 aromatic rings. The third-order valence-corrected chi connectivity index (χ3v) is 5.40. The van der Waals surface area contributed by atoms with Gasteiger partial charge in [0.25, 0.3) is 5.91 Å². The second-order valence-corrected chi connectivity index (χ2v) is 6.99. The number of carbonyl (C=O) groups is 1. The Morgan fingerprint density at radius 3 is 2.83 bits per heavy atom. The van der Waals surface area contributed by atoms with Gasteiger partial charge in [0.15, 0.2) is 6.29 Å². The first-order valence-electron chi connectivity index (χ1n) is 8.02. The van der Waals surface area contributed by atoms with E-state index in [0.29, 0.717) is 13.2 Å². The minimum absolute atomic E-state index is 0.160. The van der Waals surface area contributed by atoms with E-state index in [1.807, 2.05) is 17.0 Å². The number of thiophene rings is 1. The van der Waals surface area contributed by atoms with Gasteiger partial charge in [-0.3, -0.25) is 4.79 Å². The zero-order chi connectivity index (χ0) is 15.8. The smallest absolute Gasteiger partial charge is 0.254 e. The molecule has 1 aromatic heterocycles. The lowest BCUT2D eigenvalue weighted by atomic mass is 10.1. The van der Waals surface area contributed by atoms with E-state index in [0.717, 1.165) is 41.1 Å². The topological polar surface area (TPSA) is 38.8 Å². The van der Waals surface area contributed by atoms with E-state index >= 15 is 0 Å². The molecule has 1 aromatic carbocycles. The van der Waals surface area contributed by atoms with Gasteiger partial charge in [-0.05, 0) is 41.8 Å². The number of rotatable bonds is 4. The molecule has 4 nitrogen and oxygen atoms in total. The molecule has 0 spiro atoms. The number of ether oxygens (including phenoxy) is 2. The van der Waals surface area contributed by atoms with E-state index in [2.05, 4.69) is 25.1 Å². The molecule has 5 heteroatoms.